The minimum absolute atomic E-state index is 0.0813. The van der Waals surface area contributed by atoms with E-state index in [1.54, 1.807) is 24.3 Å². The molecule has 1 atom stereocenters. The third-order valence-corrected chi connectivity index (χ3v) is 6.34. The summed E-state index contributed by atoms with van der Waals surface area (Å²) in [5, 5.41) is 13.5. The molecule has 1 heterocycles. The number of non-ortho nitro benzene ring substituents is 1. The largest absolute Gasteiger partial charge is 0.326 e. The highest BCUT2D eigenvalue weighted by Gasteiger charge is 2.33. The summed E-state index contributed by atoms with van der Waals surface area (Å²) in [6.45, 7) is 0.440. The summed E-state index contributed by atoms with van der Waals surface area (Å²) in [5.74, 6) is -0.861. The van der Waals surface area contributed by atoms with Gasteiger partial charge in [0.25, 0.3) is 5.69 Å². The fourth-order valence-electron chi connectivity index (χ4n) is 3.06. The van der Waals surface area contributed by atoms with E-state index in [2.05, 4.69) is 5.32 Å². The first-order chi connectivity index (χ1) is 12.9. The van der Waals surface area contributed by atoms with E-state index in [1.165, 1.54) is 34.6 Å². The Kier molecular flexibility index (Phi) is 5.52. The van der Waals surface area contributed by atoms with Crippen molar-refractivity contribution in [2.75, 3.05) is 18.4 Å². The second-order valence-corrected chi connectivity index (χ2v) is 8.25. The maximum atomic E-state index is 12.8. The Hall–Kier alpha value is -2.78. The molecule has 0 saturated carbocycles. The van der Waals surface area contributed by atoms with Crippen molar-refractivity contribution in [1.29, 1.82) is 0 Å². The Morgan fingerprint density at radius 3 is 2.59 bits per heavy atom. The smallest absolute Gasteiger partial charge is 0.271 e. The molecule has 1 fully saturated rings. The quantitative estimate of drug-likeness (QED) is 0.624. The molecule has 8 nitrogen and oxygen atoms in total. The van der Waals surface area contributed by atoms with Crippen molar-refractivity contribution in [3.05, 3.63) is 64.7 Å². The number of carbonyl (C=O) groups is 1. The van der Waals surface area contributed by atoms with Crippen LogP contribution < -0.4 is 5.32 Å². The molecule has 0 aromatic heterocycles. The Labute approximate surface area is 157 Å². The van der Waals surface area contributed by atoms with Gasteiger partial charge in [0.2, 0.25) is 15.9 Å². The highest BCUT2D eigenvalue weighted by molar-refractivity contribution is 7.89. The fourth-order valence-corrected chi connectivity index (χ4v) is 4.60. The minimum atomic E-state index is -3.66. The number of hydrogen-bond acceptors (Lipinski definition) is 5. The lowest BCUT2D eigenvalue weighted by Gasteiger charge is -2.31. The summed E-state index contributed by atoms with van der Waals surface area (Å²) in [6, 6.07) is 13.8. The lowest BCUT2D eigenvalue weighted by atomic mass is 9.98. The van der Waals surface area contributed by atoms with E-state index in [0.717, 1.165) is 0 Å². The average Bonchev–Trinajstić information content (AvgIpc) is 2.69. The van der Waals surface area contributed by atoms with Crippen molar-refractivity contribution in [3.63, 3.8) is 0 Å². The lowest BCUT2D eigenvalue weighted by molar-refractivity contribution is -0.384. The minimum Gasteiger partial charge on any atom is -0.326 e. The number of anilines is 1. The summed E-state index contributed by atoms with van der Waals surface area (Å²) in [6.07, 6.45) is 1.13. The molecule has 0 aliphatic carbocycles. The van der Waals surface area contributed by atoms with Gasteiger partial charge in [-0.25, -0.2) is 8.42 Å². The molecule has 3 rings (SSSR count). The number of nitro benzene ring substituents is 1. The number of carbonyl (C=O) groups excluding carboxylic acids is 1. The normalized spacial score (nSPS) is 18.0. The van der Waals surface area contributed by atoms with Crippen LogP contribution in [0, 0.1) is 16.0 Å². The van der Waals surface area contributed by atoms with Gasteiger partial charge < -0.3 is 5.32 Å². The highest BCUT2D eigenvalue weighted by atomic mass is 32.2. The van der Waals surface area contributed by atoms with E-state index in [9.17, 15) is 23.3 Å². The fraction of sp³-hybridized carbons (Fsp3) is 0.278. The van der Waals surface area contributed by atoms with Gasteiger partial charge in [-0.1, -0.05) is 24.3 Å². The highest BCUT2D eigenvalue weighted by Crippen LogP contribution is 2.25. The molecule has 1 aliphatic rings. The van der Waals surface area contributed by atoms with Crippen LogP contribution >= 0.6 is 0 Å². The zero-order chi connectivity index (χ0) is 19.4. The molecule has 142 valence electrons. The standard InChI is InChI=1S/C18H19N3O5S/c22-18(19-15-7-4-8-16(12-15)21(23)24)14-6-5-11-20(13-14)27(25,26)17-9-2-1-3-10-17/h1-4,7-10,12,14H,5-6,11,13H2,(H,19,22)/t14-/m0/s1. The van der Waals surface area contributed by atoms with Crippen LogP contribution in [0.5, 0.6) is 0 Å². The summed E-state index contributed by atoms with van der Waals surface area (Å²) < 4.78 is 26.8. The first kappa shape index (κ1) is 19.0. The average molecular weight is 389 g/mol. The van der Waals surface area contributed by atoms with Crippen LogP contribution in [0.1, 0.15) is 12.8 Å². The zero-order valence-corrected chi connectivity index (χ0v) is 15.3. The molecule has 0 unspecified atom stereocenters. The van der Waals surface area contributed by atoms with E-state index < -0.39 is 20.9 Å². The molecule has 0 radical (unpaired) electrons. The lowest BCUT2D eigenvalue weighted by Crippen LogP contribution is -2.43. The SMILES string of the molecule is O=C(Nc1cccc([N+](=O)[O-])c1)[C@H]1CCCN(S(=O)(=O)c2ccccc2)C1. The number of nitrogens with zero attached hydrogens (tertiary/aromatic N) is 2. The van der Waals surface area contributed by atoms with Crippen LogP contribution in [0.25, 0.3) is 0 Å². The first-order valence-corrected chi connectivity index (χ1v) is 9.92. The molecule has 9 heteroatoms. The van der Waals surface area contributed by atoms with Gasteiger partial charge >= 0.3 is 0 Å². The molecule has 27 heavy (non-hydrogen) atoms. The topological polar surface area (TPSA) is 110 Å². The van der Waals surface area contributed by atoms with E-state index >= 15 is 0 Å². The van der Waals surface area contributed by atoms with Crippen molar-refractivity contribution < 1.29 is 18.1 Å². The van der Waals surface area contributed by atoms with E-state index in [4.69, 9.17) is 0 Å². The van der Waals surface area contributed by atoms with Crippen molar-refractivity contribution in [3.8, 4) is 0 Å². The number of rotatable bonds is 5. The number of hydrogen-bond donors (Lipinski definition) is 1. The van der Waals surface area contributed by atoms with Crippen molar-refractivity contribution >= 4 is 27.3 Å². The molecule has 0 spiro atoms. The molecule has 1 aliphatic heterocycles. The Balaban J connectivity index is 1.72. The second-order valence-electron chi connectivity index (χ2n) is 6.31. The Morgan fingerprint density at radius 1 is 1.15 bits per heavy atom. The van der Waals surface area contributed by atoms with Gasteiger partial charge in [-0.3, -0.25) is 14.9 Å². The van der Waals surface area contributed by atoms with Crippen molar-refractivity contribution in [2.45, 2.75) is 17.7 Å². The molecule has 2 aromatic rings. The van der Waals surface area contributed by atoms with Crippen molar-refractivity contribution in [1.82, 2.24) is 4.31 Å². The Bertz CT molecular complexity index is 946. The van der Waals surface area contributed by atoms with Crippen LogP contribution in [-0.2, 0) is 14.8 Å². The van der Waals surface area contributed by atoms with Gasteiger partial charge in [0.1, 0.15) is 0 Å². The molecule has 1 saturated heterocycles. The summed E-state index contributed by atoms with van der Waals surface area (Å²) in [7, 11) is -3.66. The second kappa shape index (κ2) is 7.85. The van der Waals surface area contributed by atoms with Crippen LogP contribution in [0.3, 0.4) is 0 Å². The number of nitrogens with one attached hydrogen (secondary N) is 1. The number of sulfonamides is 1. The molecule has 0 bridgehead atoms. The third-order valence-electron chi connectivity index (χ3n) is 4.46. The summed E-state index contributed by atoms with van der Waals surface area (Å²) in [4.78, 5) is 23.1. The van der Waals surface area contributed by atoms with Crippen molar-refractivity contribution in [2.24, 2.45) is 5.92 Å². The van der Waals surface area contributed by atoms with Gasteiger partial charge in [0, 0.05) is 30.9 Å². The Morgan fingerprint density at radius 2 is 1.89 bits per heavy atom. The van der Waals surface area contributed by atoms with E-state index in [0.29, 0.717) is 25.1 Å². The molecule has 2 aromatic carbocycles. The maximum Gasteiger partial charge on any atom is 0.271 e. The molecular formula is C18H19N3O5S. The maximum absolute atomic E-state index is 12.8. The first-order valence-electron chi connectivity index (χ1n) is 8.48. The predicted octanol–water partition coefficient (Wildman–Crippen LogP) is 2.63. The van der Waals surface area contributed by atoms with Gasteiger partial charge in [-0.2, -0.15) is 4.31 Å². The van der Waals surface area contributed by atoms with Crippen LogP contribution in [-0.4, -0.2) is 36.6 Å². The van der Waals surface area contributed by atoms with Crippen LogP contribution in [0.2, 0.25) is 0 Å². The molecular weight excluding hydrogens is 370 g/mol. The van der Waals surface area contributed by atoms with Crippen LogP contribution in [0.15, 0.2) is 59.5 Å². The van der Waals surface area contributed by atoms with Gasteiger partial charge in [-0.15, -0.1) is 0 Å². The van der Waals surface area contributed by atoms with E-state index in [-0.39, 0.29) is 23.0 Å². The number of amides is 1. The van der Waals surface area contributed by atoms with Gasteiger partial charge in [-0.05, 0) is 31.0 Å². The van der Waals surface area contributed by atoms with E-state index in [1.807, 2.05) is 0 Å². The predicted molar refractivity (Wildman–Crippen MR) is 99.7 cm³/mol. The van der Waals surface area contributed by atoms with Crippen LogP contribution in [0.4, 0.5) is 11.4 Å². The summed E-state index contributed by atoms with van der Waals surface area (Å²) in [5.41, 5.74) is 0.196. The number of benzene rings is 2. The zero-order valence-electron chi connectivity index (χ0n) is 14.4. The number of piperidine rings is 1. The summed E-state index contributed by atoms with van der Waals surface area (Å²) >= 11 is 0. The number of nitro groups is 1. The molecule has 1 amide bonds. The molecule has 1 N–H and O–H groups in total. The third kappa shape index (κ3) is 4.32. The van der Waals surface area contributed by atoms with Gasteiger partial charge in [0.05, 0.1) is 15.7 Å². The van der Waals surface area contributed by atoms with Gasteiger partial charge in [0.15, 0.2) is 0 Å². The monoisotopic (exact) mass is 389 g/mol.